The molecule has 1 fully saturated rings. The van der Waals surface area contributed by atoms with E-state index in [1.165, 1.54) is 25.7 Å². The molecule has 19 heavy (non-hydrogen) atoms. The van der Waals surface area contributed by atoms with Crippen LogP contribution in [0.2, 0.25) is 0 Å². The summed E-state index contributed by atoms with van der Waals surface area (Å²) in [4.78, 5) is 4.33. The Labute approximate surface area is 114 Å². The number of nitrogens with two attached hydrogens (primary N) is 1. The van der Waals surface area contributed by atoms with E-state index in [1.54, 1.807) is 6.20 Å². The van der Waals surface area contributed by atoms with E-state index in [-0.39, 0.29) is 0 Å². The minimum atomic E-state index is 0.427. The highest BCUT2D eigenvalue weighted by Gasteiger charge is 2.28. The smallest absolute Gasteiger partial charge is 0.0724 e. The van der Waals surface area contributed by atoms with Crippen LogP contribution in [-0.2, 0) is 0 Å². The van der Waals surface area contributed by atoms with Gasteiger partial charge in [-0.25, -0.2) is 0 Å². The van der Waals surface area contributed by atoms with Gasteiger partial charge in [-0.15, -0.1) is 0 Å². The highest BCUT2D eigenvalue weighted by atomic mass is 14.9. The van der Waals surface area contributed by atoms with Gasteiger partial charge in [-0.05, 0) is 42.5 Å². The summed E-state index contributed by atoms with van der Waals surface area (Å²) < 4.78 is 0. The zero-order chi connectivity index (χ0) is 13.3. The lowest BCUT2D eigenvalue weighted by atomic mass is 9.89. The molecule has 100 valence electrons. The van der Waals surface area contributed by atoms with Crippen LogP contribution in [0.5, 0.6) is 0 Å². The van der Waals surface area contributed by atoms with Gasteiger partial charge in [0.05, 0.1) is 16.9 Å². The Morgan fingerprint density at radius 3 is 2.84 bits per heavy atom. The number of nitrogen functional groups attached to an aromatic ring is 1. The molecule has 1 aromatic carbocycles. The van der Waals surface area contributed by atoms with Crippen molar-refractivity contribution in [2.45, 2.75) is 32.6 Å². The maximum Gasteiger partial charge on any atom is 0.0724 e. The number of hydrogen-bond donors (Lipinski definition) is 2. The molecule has 0 unspecified atom stereocenters. The molecule has 1 aliphatic rings. The van der Waals surface area contributed by atoms with E-state index in [9.17, 15) is 0 Å². The second-order valence-corrected chi connectivity index (χ2v) is 5.97. The van der Waals surface area contributed by atoms with Crippen molar-refractivity contribution >= 4 is 22.3 Å². The number of aromatic nitrogens is 1. The summed E-state index contributed by atoms with van der Waals surface area (Å²) in [6.45, 7) is 3.37. The van der Waals surface area contributed by atoms with Gasteiger partial charge in [0.15, 0.2) is 0 Å². The van der Waals surface area contributed by atoms with E-state index in [1.807, 2.05) is 24.3 Å². The largest absolute Gasteiger partial charge is 0.397 e. The molecule has 0 aliphatic heterocycles. The second-order valence-electron chi connectivity index (χ2n) is 5.97. The molecule has 1 saturated carbocycles. The van der Waals surface area contributed by atoms with Crippen LogP contribution >= 0.6 is 0 Å². The summed E-state index contributed by atoms with van der Waals surface area (Å²) in [7, 11) is 0. The molecule has 3 rings (SSSR count). The fourth-order valence-corrected chi connectivity index (χ4v) is 3.04. The van der Waals surface area contributed by atoms with E-state index < -0.39 is 0 Å². The van der Waals surface area contributed by atoms with Crippen LogP contribution in [0.3, 0.4) is 0 Å². The van der Waals surface area contributed by atoms with Crippen molar-refractivity contribution in [3.8, 4) is 0 Å². The third kappa shape index (κ3) is 2.37. The summed E-state index contributed by atoms with van der Waals surface area (Å²) in [5, 5.41) is 4.57. The third-order valence-corrected chi connectivity index (χ3v) is 4.34. The normalized spacial score (nSPS) is 17.7. The summed E-state index contributed by atoms with van der Waals surface area (Å²) in [6, 6.07) is 8.04. The van der Waals surface area contributed by atoms with Crippen molar-refractivity contribution in [2.75, 3.05) is 17.6 Å². The first-order chi connectivity index (χ1) is 9.18. The van der Waals surface area contributed by atoms with E-state index >= 15 is 0 Å². The molecule has 3 nitrogen and oxygen atoms in total. The van der Waals surface area contributed by atoms with Gasteiger partial charge in [-0.3, -0.25) is 4.98 Å². The molecular weight excluding hydrogens is 234 g/mol. The molecule has 0 radical (unpaired) electrons. The maximum absolute atomic E-state index is 6.24. The van der Waals surface area contributed by atoms with Gasteiger partial charge in [-0.1, -0.05) is 19.8 Å². The Balaban J connectivity index is 1.83. The number of rotatable bonds is 3. The molecule has 1 heterocycles. The van der Waals surface area contributed by atoms with Crippen molar-refractivity contribution in [1.82, 2.24) is 4.98 Å². The zero-order valence-corrected chi connectivity index (χ0v) is 11.4. The average Bonchev–Trinajstić information content (AvgIpc) is 2.86. The molecule has 0 saturated heterocycles. The third-order valence-electron chi connectivity index (χ3n) is 4.34. The molecular formula is C16H21N3. The fraction of sp³-hybridized carbons (Fsp3) is 0.438. The summed E-state index contributed by atoms with van der Waals surface area (Å²) in [5.74, 6) is 0. The van der Waals surface area contributed by atoms with Crippen molar-refractivity contribution in [3.63, 3.8) is 0 Å². The molecule has 0 atom stereocenters. The van der Waals surface area contributed by atoms with Crippen molar-refractivity contribution < 1.29 is 0 Å². The predicted molar refractivity (Wildman–Crippen MR) is 81.2 cm³/mol. The van der Waals surface area contributed by atoms with Crippen molar-refractivity contribution in [1.29, 1.82) is 0 Å². The van der Waals surface area contributed by atoms with E-state index in [0.29, 0.717) is 5.41 Å². The molecule has 1 aliphatic carbocycles. The Kier molecular flexibility index (Phi) is 3.05. The Hall–Kier alpha value is -1.77. The number of nitrogens with zero attached hydrogens (tertiary/aromatic N) is 1. The average molecular weight is 255 g/mol. The molecule has 0 spiro atoms. The molecule has 1 aromatic heterocycles. The molecule has 0 amide bonds. The molecule has 2 aromatic rings. The van der Waals surface area contributed by atoms with Crippen LogP contribution in [0.1, 0.15) is 32.6 Å². The van der Waals surface area contributed by atoms with Gasteiger partial charge in [-0.2, -0.15) is 0 Å². The van der Waals surface area contributed by atoms with Gasteiger partial charge in [0, 0.05) is 18.1 Å². The van der Waals surface area contributed by atoms with E-state index in [0.717, 1.165) is 28.8 Å². The fourth-order valence-electron chi connectivity index (χ4n) is 3.04. The molecule has 0 bridgehead atoms. The summed E-state index contributed by atoms with van der Waals surface area (Å²) >= 11 is 0. The molecule has 3 N–H and O–H groups in total. The predicted octanol–water partition coefficient (Wildman–Crippen LogP) is 3.81. The topological polar surface area (TPSA) is 50.9 Å². The van der Waals surface area contributed by atoms with Crippen LogP contribution in [0.15, 0.2) is 30.5 Å². The first-order valence-electron chi connectivity index (χ1n) is 7.05. The van der Waals surface area contributed by atoms with Crippen LogP contribution in [0.4, 0.5) is 11.4 Å². The Morgan fingerprint density at radius 2 is 2.05 bits per heavy atom. The number of nitrogens with one attached hydrogen (secondary N) is 1. The lowest BCUT2D eigenvalue weighted by Gasteiger charge is -2.25. The highest BCUT2D eigenvalue weighted by Crippen LogP contribution is 2.38. The highest BCUT2D eigenvalue weighted by molar-refractivity contribution is 5.96. The van der Waals surface area contributed by atoms with Gasteiger partial charge >= 0.3 is 0 Å². The van der Waals surface area contributed by atoms with Gasteiger partial charge in [0.2, 0.25) is 0 Å². The maximum atomic E-state index is 6.24. The van der Waals surface area contributed by atoms with Crippen LogP contribution in [0, 0.1) is 5.41 Å². The first kappa shape index (κ1) is 12.3. The number of benzene rings is 1. The van der Waals surface area contributed by atoms with Crippen molar-refractivity contribution in [2.24, 2.45) is 5.41 Å². The lowest BCUT2D eigenvalue weighted by molar-refractivity contribution is 0.362. The van der Waals surface area contributed by atoms with Crippen LogP contribution in [0.25, 0.3) is 10.9 Å². The SMILES string of the molecule is CC1(CNc2ccc3ncccc3c2N)CCCC1. The number of fused-ring (bicyclic) bond motifs is 1. The minimum absolute atomic E-state index is 0.427. The number of hydrogen-bond acceptors (Lipinski definition) is 3. The zero-order valence-electron chi connectivity index (χ0n) is 11.4. The molecule has 3 heteroatoms. The van der Waals surface area contributed by atoms with Gasteiger partial charge in [0.25, 0.3) is 0 Å². The number of anilines is 2. The Bertz CT molecular complexity index is 586. The Morgan fingerprint density at radius 1 is 1.26 bits per heavy atom. The van der Waals surface area contributed by atoms with Gasteiger partial charge < -0.3 is 11.1 Å². The number of pyridine rings is 1. The summed E-state index contributed by atoms with van der Waals surface area (Å²) in [5.41, 5.74) is 9.48. The van der Waals surface area contributed by atoms with Crippen LogP contribution in [-0.4, -0.2) is 11.5 Å². The second kappa shape index (κ2) is 4.72. The monoisotopic (exact) mass is 255 g/mol. The first-order valence-corrected chi connectivity index (χ1v) is 7.05. The summed E-state index contributed by atoms with van der Waals surface area (Å²) in [6.07, 6.45) is 7.14. The standard InChI is InChI=1S/C16H21N3/c1-16(8-2-3-9-16)11-19-14-7-6-13-12(15(14)17)5-4-10-18-13/h4-7,10,19H,2-3,8-9,11,17H2,1H3. The minimum Gasteiger partial charge on any atom is -0.397 e. The van der Waals surface area contributed by atoms with E-state index in [2.05, 4.69) is 17.2 Å². The van der Waals surface area contributed by atoms with Gasteiger partial charge in [0.1, 0.15) is 0 Å². The van der Waals surface area contributed by atoms with E-state index in [4.69, 9.17) is 5.73 Å². The lowest BCUT2D eigenvalue weighted by Crippen LogP contribution is -2.23. The quantitative estimate of drug-likeness (QED) is 0.820. The van der Waals surface area contributed by atoms with Crippen molar-refractivity contribution in [3.05, 3.63) is 30.5 Å². The van der Waals surface area contributed by atoms with Crippen LogP contribution < -0.4 is 11.1 Å².